The molecule has 0 saturated carbocycles. The summed E-state index contributed by atoms with van der Waals surface area (Å²) in [6, 6.07) is 59.1. The van der Waals surface area contributed by atoms with Crippen LogP contribution in [0.3, 0.4) is 0 Å². The van der Waals surface area contributed by atoms with E-state index in [4.69, 9.17) is 15.0 Å². The number of nitrogens with zero attached hydrogens (tertiary/aromatic N) is 4. The van der Waals surface area contributed by atoms with Gasteiger partial charge in [-0.25, -0.2) is 15.0 Å². The van der Waals surface area contributed by atoms with Gasteiger partial charge in [-0.1, -0.05) is 115 Å². The van der Waals surface area contributed by atoms with Gasteiger partial charge in [0.15, 0.2) is 5.82 Å². The highest BCUT2D eigenvalue weighted by molar-refractivity contribution is 5.89. The summed E-state index contributed by atoms with van der Waals surface area (Å²) in [7, 11) is 0. The van der Waals surface area contributed by atoms with Gasteiger partial charge in [-0.2, -0.15) is 0 Å². The highest BCUT2D eigenvalue weighted by atomic mass is 15.1. The van der Waals surface area contributed by atoms with E-state index in [1.54, 1.807) is 0 Å². The maximum Gasteiger partial charge on any atom is 0.160 e. The quantitative estimate of drug-likeness (QED) is 0.197. The lowest BCUT2D eigenvalue weighted by molar-refractivity contribution is 1.10. The minimum Gasteiger partial charge on any atom is -0.292 e. The van der Waals surface area contributed by atoms with Crippen molar-refractivity contribution in [1.82, 2.24) is 19.5 Å². The molecule has 47 heavy (non-hydrogen) atoms. The number of para-hydroxylation sites is 2. The summed E-state index contributed by atoms with van der Waals surface area (Å²) in [6.45, 7) is 0. The van der Waals surface area contributed by atoms with E-state index in [0.717, 1.165) is 56.2 Å². The first-order chi connectivity index (χ1) is 23.3. The molecule has 0 amide bonds. The minimum absolute atomic E-state index is 0.684. The molecular formula is C43H28N4. The number of benzene rings is 7. The van der Waals surface area contributed by atoms with Gasteiger partial charge in [-0.05, 0) is 76.1 Å². The Morgan fingerprint density at radius 3 is 1.53 bits per heavy atom. The summed E-state index contributed by atoms with van der Waals surface area (Å²) in [6.07, 6.45) is 0. The summed E-state index contributed by atoms with van der Waals surface area (Å²) in [5.74, 6) is 1.59. The number of hydrogen-bond acceptors (Lipinski definition) is 3. The van der Waals surface area contributed by atoms with Crippen molar-refractivity contribution >= 4 is 32.6 Å². The molecule has 0 unspecified atom stereocenters. The van der Waals surface area contributed by atoms with E-state index in [1.807, 2.05) is 12.1 Å². The van der Waals surface area contributed by atoms with Crippen LogP contribution in [-0.2, 0) is 0 Å². The molecule has 0 atom stereocenters. The normalized spacial score (nSPS) is 11.4. The van der Waals surface area contributed by atoms with Crippen molar-refractivity contribution in [1.29, 1.82) is 0 Å². The predicted molar refractivity (Wildman–Crippen MR) is 193 cm³/mol. The molecule has 9 rings (SSSR count). The molecule has 9 aromatic rings. The highest BCUT2D eigenvalue weighted by Crippen LogP contribution is 2.33. The van der Waals surface area contributed by atoms with Crippen LogP contribution in [-0.4, -0.2) is 19.5 Å². The van der Waals surface area contributed by atoms with Crippen LogP contribution < -0.4 is 0 Å². The predicted octanol–water partition coefficient (Wildman–Crippen LogP) is 10.8. The first-order valence-corrected chi connectivity index (χ1v) is 15.8. The second-order valence-electron chi connectivity index (χ2n) is 11.8. The van der Waals surface area contributed by atoms with Crippen molar-refractivity contribution in [3.63, 3.8) is 0 Å². The number of imidazole rings is 1. The largest absolute Gasteiger partial charge is 0.292 e. The summed E-state index contributed by atoms with van der Waals surface area (Å²) in [5.41, 5.74) is 8.96. The summed E-state index contributed by atoms with van der Waals surface area (Å²) in [4.78, 5) is 15.3. The number of aromatic nitrogens is 4. The third kappa shape index (κ3) is 4.93. The van der Waals surface area contributed by atoms with Crippen LogP contribution in [0.2, 0.25) is 0 Å². The fourth-order valence-electron chi connectivity index (χ4n) is 6.40. The lowest BCUT2D eigenvalue weighted by atomic mass is 10.0. The van der Waals surface area contributed by atoms with E-state index in [1.165, 1.54) is 21.5 Å². The zero-order valence-electron chi connectivity index (χ0n) is 25.5. The lowest BCUT2D eigenvalue weighted by Gasteiger charge is -2.12. The molecule has 7 aromatic carbocycles. The second kappa shape index (κ2) is 11.2. The number of fused-ring (bicyclic) bond motifs is 3. The van der Waals surface area contributed by atoms with Crippen molar-refractivity contribution in [2.24, 2.45) is 0 Å². The van der Waals surface area contributed by atoms with Gasteiger partial charge in [0, 0.05) is 27.9 Å². The lowest BCUT2D eigenvalue weighted by Crippen LogP contribution is -1.99. The summed E-state index contributed by atoms with van der Waals surface area (Å²) >= 11 is 0. The summed E-state index contributed by atoms with van der Waals surface area (Å²) in [5, 5.41) is 4.78. The molecule has 0 aliphatic carbocycles. The maximum atomic E-state index is 5.15. The Kier molecular flexibility index (Phi) is 6.43. The van der Waals surface area contributed by atoms with Crippen molar-refractivity contribution < 1.29 is 0 Å². The molecule has 0 N–H and O–H groups in total. The average Bonchev–Trinajstić information content (AvgIpc) is 3.54. The molecule has 0 spiro atoms. The molecule has 0 radical (unpaired) electrons. The van der Waals surface area contributed by atoms with Crippen LogP contribution in [0, 0.1) is 0 Å². The molecule has 4 nitrogen and oxygen atoms in total. The average molecular weight is 601 g/mol. The van der Waals surface area contributed by atoms with Gasteiger partial charge in [0.05, 0.1) is 22.4 Å². The monoisotopic (exact) mass is 600 g/mol. The topological polar surface area (TPSA) is 43.6 Å². The molecule has 0 fully saturated rings. The Morgan fingerprint density at radius 1 is 0.362 bits per heavy atom. The van der Waals surface area contributed by atoms with E-state index in [2.05, 4.69) is 162 Å². The van der Waals surface area contributed by atoms with Crippen LogP contribution in [0.1, 0.15) is 0 Å². The fraction of sp³-hybridized carbons (Fsp3) is 0. The van der Waals surface area contributed by atoms with Gasteiger partial charge in [0.1, 0.15) is 5.82 Å². The highest BCUT2D eigenvalue weighted by Gasteiger charge is 2.16. The van der Waals surface area contributed by atoms with Gasteiger partial charge in [-0.3, -0.25) is 4.57 Å². The van der Waals surface area contributed by atoms with E-state index >= 15 is 0 Å². The zero-order chi connectivity index (χ0) is 31.2. The van der Waals surface area contributed by atoms with Gasteiger partial charge in [-0.15, -0.1) is 0 Å². The Bertz CT molecular complexity index is 2470. The number of rotatable bonds is 5. The van der Waals surface area contributed by atoms with Crippen LogP contribution in [0.5, 0.6) is 0 Å². The smallest absolute Gasteiger partial charge is 0.160 e. The van der Waals surface area contributed by atoms with Crippen LogP contribution in [0.25, 0.3) is 83.6 Å². The Hall–Kier alpha value is -6.39. The maximum absolute atomic E-state index is 5.15. The van der Waals surface area contributed by atoms with Crippen LogP contribution in [0.15, 0.2) is 170 Å². The van der Waals surface area contributed by atoms with Crippen LogP contribution >= 0.6 is 0 Å². The van der Waals surface area contributed by atoms with Gasteiger partial charge < -0.3 is 0 Å². The van der Waals surface area contributed by atoms with E-state index in [-0.39, 0.29) is 0 Å². The van der Waals surface area contributed by atoms with Gasteiger partial charge in [0.2, 0.25) is 0 Å². The molecule has 0 saturated heterocycles. The van der Waals surface area contributed by atoms with E-state index in [0.29, 0.717) is 5.82 Å². The standard InChI is InChI=1S/C43H28N4/c1-2-12-32(13-3-1)43-46-38-16-8-9-17-41(38)47(43)37-24-22-31(23-25-37)42-44-39(35-20-18-29-10-4-6-14-33(29)26-35)28-40(45-42)36-21-19-30-11-5-7-15-34(30)27-36/h1-28H. The molecule has 4 heteroatoms. The fourth-order valence-corrected chi connectivity index (χ4v) is 6.40. The van der Waals surface area contributed by atoms with E-state index in [9.17, 15) is 0 Å². The Labute approximate surface area is 272 Å². The van der Waals surface area contributed by atoms with Gasteiger partial charge in [0.25, 0.3) is 0 Å². The molecule has 220 valence electrons. The summed E-state index contributed by atoms with van der Waals surface area (Å²) < 4.78 is 2.22. The third-order valence-electron chi connectivity index (χ3n) is 8.79. The Morgan fingerprint density at radius 2 is 0.894 bits per heavy atom. The zero-order valence-corrected chi connectivity index (χ0v) is 25.5. The van der Waals surface area contributed by atoms with Crippen molar-refractivity contribution in [3.05, 3.63) is 170 Å². The molecule has 0 bridgehead atoms. The SMILES string of the molecule is c1ccc(-c2nc3ccccc3n2-c2ccc(-c3nc(-c4ccc5ccccc5c4)cc(-c4ccc5ccccc5c4)n3)cc2)cc1. The molecular weight excluding hydrogens is 573 g/mol. The minimum atomic E-state index is 0.684. The molecule has 0 aliphatic heterocycles. The number of hydrogen-bond donors (Lipinski definition) is 0. The van der Waals surface area contributed by atoms with Crippen molar-refractivity contribution in [3.8, 4) is 51.0 Å². The Balaban J connectivity index is 1.19. The van der Waals surface area contributed by atoms with Gasteiger partial charge >= 0.3 is 0 Å². The first kappa shape index (κ1) is 27.0. The molecule has 0 aliphatic rings. The molecule has 2 aromatic heterocycles. The van der Waals surface area contributed by atoms with E-state index < -0.39 is 0 Å². The third-order valence-corrected chi connectivity index (χ3v) is 8.79. The molecule has 2 heterocycles. The van der Waals surface area contributed by atoms with Crippen LogP contribution in [0.4, 0.5) is 0 Å². The second-order valence-corrected chi connectivity index (χ2v) is 11.8. The first-order valence-electron chi connectivity index (χ1n) is 15.8. The van der Waals surface area contributed by atoms with Crippen molar-refractivity contribution in [2.75, 3.05) is 0 Å². The van der Waals surface area contributed by atoms with Crippen molar-refractivity contribution in [2.45, 2.75) is 0 Å².